The van der Waals surface area contributed by atoms with Gasteiger partial charge in [-0.2, -0.15) is 0 Å². The molecule has 1 aliphatic rings. The van der Waals surface area contributed by atoms with Gasteiger partial charge in [-0.25, -0.2) is 0 Å². The van der Waals surface area contributed by atoms with Gasteiger partial charge in [-0.1, -0.05) is 58.0 Å². The lowest BCUT2D eigenvalue weighted by Gasteiger charge is -2.46. The molecule has 3 nitrogen and oxygen atoms in total. The smallest absolute Gasteiger partial charge is 0.233 e. The maximum absolute atomic E-state index is 13.4. The number of rotatable bonds is 4. The molecule has 1 fully saturated rings. The molecule has 2 rings (SSSR count). The van der Waals surface area contributed by atoms with Crippen molar-refractivity contribution in [3.05, 3.63) is 35.9 Å². The Bertz CT molecular complexity index is 505. The van der Waals surface area contributed by atoms with E-state index < -0.39 is 5.41 Å². The highest BCUT2D eigenvalue weighted by atomic mass is 16.2. The van der Waals surface area contributed by atoms with Crippen LogP contribution < -0.4 is 5.73 Å². The van der Waals surface area contributed by atoms with Crippen molar-refractivity contribution in [2.24, 2.45) is 11.1 Å². The van der Waals surface area contributed by atoms with Crippen molar-refractivity contribution < 1.29 is 4.79 Å². The fourth-order valence-electron chi connectivity index (χ4n) is 3.69. The zero-order valence-electron chi connectivity index (χ0n) is 14.4. The van der Waals surface area contributed by atoms with Gasteiger partial charge in [0.05, 0.1) is 5.41 Å². The Balaban J connectivity index is 2.32. The normalized spacial score (nSPS) is 21.7. The van der Waals surface area contributed by atoms with Crippen molar-refractivity contribution in [3.63, 3.8) is 0 Å². The van der Waals surface area contributed by atoms with Gasteiger partial charge >= 0.3 is 0 Å². The van der Waals surface area contributed by atoms with Crippen molar-refractivity contribution in [3.8, 4) is 0 Å². The number of hydrogen-bond acceptors (Lipinski definition) is 2. The molecule has 3 heteroatoms. The molecule has 1 aliphatic heterocycles. The molecule has 0 bridgehead atoms. The molecular formula is C19H30N2O. The van der Waals surface area contributed by atoms with Gasteiger partial charge in [-0.3, -0.25) is 4.79 Å². The number of nitrogens with zero attached hydrogens (tertiary/aromatic N) is 1. The molecule has 0 spiro atoms. The summed E-state index contributed by atoms with van der Waals surface area (Å²) in [7, 11) is 0. The van der Waals surface area contributed by atoms with E-state index in [9.17, 15) is 4.79 Å². The van der Waals surface area contributed by atoms with Crippen LogP contribution in [-0.2, 0) is 10.2 Å². The maximum Gasteiger partial charge on any atom is 0.233 e. The molecule has 1 atom stereocenters. The van der Waals surface area contributed by atoms with Gasteiger partial charge in [0.15, 0.2) is 0 Å². The summed E-state index contributed by atoms with van der Waals surface area (Å²) < 4.78 is 0. The van der Waals surface area contributed by atoms with Gasteiger partial charge < -0.3 is 10.6 Å². The third-order valence-electron chi connectivity index (χ3n) is 5.54. The average Bonchev–Trinajstić information content (AvgIpc) is 2.52. The van der Waals surface area contributed by atoms with Gasteiger partial charge in [0, 0.05) is 19.1 Å². The van der Waals surface area contributed by atoms with E-state index >= 15 is 0 Å². The predicted molar refractivity (Wildman–Crippen MR) is 91.7 cm³/mol. The van der Waals surface area contributed by atoms with E-state index in [0.29, 0.717) is 0 Å². The van der Waals surface area contributed by atoms with Crippen molar-refractivity contribution in [2.45, 2.75) is 58.4 Å². The van der Waals surface area contributed by atoms with Crippen LogP contribution in [0, 0.1) is 5.41 Å². The molecule has 122 valence electrons. The molecule has 22 heavy (non-hydrogen) atoms. The Morgan fingerprint density at radius 2 is 1.86 bits per heavy atom. The van der Waals surface area contributed by atoms with Crippen LogP contribution in [0.5, 0.6) is 0 Å². The van der Waals surface area contributed by atoms with Crippen LogP contribution in [0.3, 0.4) is 0 Å². The predicted octanol–water partition coefficient (Wildman–Crippen LogP) is 3.33. The van der Waals surface area contributed by atoms with Crippen LogP contribution in [0.1, 0.15) is 52.5 Å². The summed E-state index contributed by atoms with van der Waals surface area (Å²) in [4.78, 5) is 15.4. The highest BCUT2D eigenvalue weighted by Crippen LogP contribution is 2.36. The number of benzene rings is 1. The Morgan fingerprint density at radius 3 is 2.36 bits per heavy atom. The Hall–Kier alpha value is -1.35. The molecule has 0 saturated carbocycles. The number of carbonyl (C=O) groups is 1. The van der Waals surface area contributed by atoms with Crippen LogP contribution in [0.25, 0.3) is 0 Å². The maximum atomic E-state index is 13.4. The number of likely N-dealkylation sites (tertiary alicyclic amines) is 1. The monoisotopic (exact) mass is 302 g/mol. The number of nitrogens with two attached hydrogens (primary N) is 1. The molecule has 1 aromatic carbocycles. The van der Waals surface area contributed by atoms with Crippen LogP contribution in [0.2, 0.25) is 0 Å². The molecule has 1 aromatic rings. The first kappa shape index (κ1) is 17.0. The number of amides is 1. The highest BCUT2D eigenvalue weighted by Gasteiger charge is 2.43. The van der Waals surface area contributed by atoms with Gasteiger partial charge in [0.2, 0.25) is 5.91 Å². The number of hydrogen-bond donors (Lipinski definition) is 1. The summed E-state index contributed by atoms with van der Waals surface area (Å²) in [5.41, 5.74) is 6.94. The number of carbonyl (C=O) groups excluding carboxylic acids is 1. The lowest BCUT2D eigenvalue weighted by molar-refractivity contribution is -0.141. The quantitative estimate of drug-likeness (QED) is 0.927. The minimum Gasteiger partial charge on any atom is -0.341 e. The zero-order chi connectivity index (χ0) is 16.4. The van der Waals surface area contributed by atoms with Crippen molar-refractivity contribution in [1.29, 1.82) is 0 Å². The van der Waals surface area contributed by atoms with E-state index in [1.54, 1.807) is 0 Å². The van der Waals surface area contributed by atoms with E-state index in [0.717, 1.165) is 37.9 Å². The van der Waals surface area contributed by atoms with Gasteiger partial charge in [-0.15, -0.1) is 0 Å². The first-order valence-corrected chi connectivity index (χ1v) is 8.48. The van der Waals surface area contributed by atoms with E-state index in [1.165, 1.54) is 0 Å². The van der Waals surface area contributed by atoms with Crippen molar-refractivity contribution in [1.82, 2.24) is 4.90 Å². The third kappa shape index (κ3) is 2.91. The van der Waals surface area contributed by atoms with Crippen molar-refractivity contribution in [2.75, 3.05) is 13.1 Å². The van der Waals surface area contributed by atoms with Gasteiger partial charge in [0.25, 0.3) is 0 Å². The van der Waals surface area contributed by atoms with E-state index in [2.05, 4.69) is 39.8 Å². The summed E-state index contributed by atoms with van der Waals surface area (Å²) in [5, 5.41) is 0. The summed E-state index contributed by atoms with van der Waals surface area (Å²) in [5.74, 6) is 0.267. The molecule has 1 heterocycles. The van der Waals surface area contributed by atoms with Crippen LogP contribution in [-0.4, -0.2) is 29.9 Å². The first-order valence-electron chi connectivity index (χ1n) is 8.48. The molecular weight excluding hydrogens is 272 g/mol. The van der Waals surface area contributed by atoms with Crippen molar-refractivity contribution >= 4 is 5.91 Å². The van der Waals surface area contributed by atoms with Gasteiger partial charge in [0.1, 0.15) is 0 Å². The van der Waals surface area contributed by atoms with E-state index in [-0.39, 0.29) is 17.4 Å². The number of piperidine rings is 1. The summed E-state index contributed by atoms with van der Waals surface area (Å²) in [6.07, 6.45) is 2.54. The Morgan fingerprint density at radius 1 is 1.27 bits per heavy atom. The molecule has 1 unspecified atom stereocenters. The second-order valence-electron chi connectivity index (χ2n) is 7.27. The minimum atomic E-state index is -0.404. The fraction of sp³-hybridized carbons (Fsp3) is 0.632. The molecule has 0 aliphatic carbocycles. The lowest BCUT2D eigenvalue weighted by atomic mass is 9.73. The van der Waals surface area contributed by atoms with E-state index in [1.807, 2.05) is 23.1 Å². The minimum absolute atomic E-state index is 0.0161. The van der Waals surface area contributed by atoms with E-state index in [4.69, 9.17) is 5.73 Å². The van der Waals surface area contributed by atoms with Crippen LogP contribution in [0.4, 0.5) is 0 Å². The second-order valence-corrected chi connectivity index (χ2v) is 7.27. The molecule has 0 aromatic heterocycles. The zero-order valence-corrected chi connectivity index (χ0v) is 14.4. The molecule has 1 amide bonds. The molecule has 1 saturated heterocycles. The largest absolute Gasteiger partial charge is 0.341 e. The lowest BCUT2D eigenvalue weighted by Crippen LogP contribution is -2.57. The standard InChI is InChI=1S/C19H30N2O/c1-5-19(6-2,15-10-8-7-9-11-15)17(22)21-13-12-16(20)18(3,4)14-21/h7-11,16H,5-6,12-14,20H2,1-4H3. The molecule has 2 N–H and O–H groups in total. The highest BCUT2D eigenvalue weighted by molar-refractivity contribution is 5.88. The third-order valence-corrected chi connectivity index (χ3v) is 5.54. The SMILES string of the molecule is CCC(CC)(C(=O)N1CCC(N)C(C)(C)C1)c1ccccc1. The molecule has 0 radical (unpaired) electrons. The Kier molecular flexibility index (Phi) is 4.96. The fourth-order valence-corrected chi connectivity index (χ4v) is 3.69. The summed E-state index contributed by atoms with van der Waals surface area (Å²) >= 11 is 0. The summed E-state index contributed by atoms with van der Waals surface area (Å²) in [6.45, 7) is 10.1. The second kappa shape index (κ2) is 6.41. The average molecular weight is 302 g/mol. The first-order chi connectivity index (χ1) is 10.4. The topological polar surface area (TPSA) is 46.3 Å². The Labute approximate surface area is 134 Å². The summed E-state index contributed by atoms with van der Waals surface area (Å²) in [6, 6.07) is 10.4. The van der Waals surface area contributed by atoms with Crippen LogP contribution in [0.15, 0.2) is 30.3 Å². The van der Waals surface area contributed by atoms with Crippen LogP contribution >= 0.6 is 0 Å². The van der Waals surface area contributed by atoms with Gasteiger partial charge in [-0.05, 0) is 30.2 Å².